The van der Waals surface area contributed by atoms with Crippen molar-refractivity contribution in [2.45, 2.75) is 30.6 Å². The molecule has 2 atom stereocenters. The molecule has 0 bridgehead atoms. The zero-order valence-corrected chi connectivity index (χ0v) is 11.7. The normalized spacial score (nSPS) is 22.7. The van der Waals surface area contributed by atoms with E-state index in [1.807, 2.05) is 0 Å². The predicted octanol–water partition coefficient (Wildman–Crippen LogP) is 2.11. The van der Waals surface area contributed by atoms with Crippen molar-refractivity contribution in [3.8, 4) is 0 Å². The Bertz CT molecular complexity index is 632. The Morgan fingerprint density at radius 1 is 1.40 bits per heavy atom. The summed E-state index contributed by atoms with van der Waals surface area (Å²) in [6.07, 6.45) is 3.20. The number of sulfone groups is 1. The molecular formula is C12H15FN2O4S. The highest BCUT2D eigenvalue weighted by Crippen LogP contribution is 2.29. The molecule has 6 nitrogen and oxygen atoms in total. The highest BCUT2D eigenvalue weighted by Gasteiger charge is 2.34. The number of nitro benzene ring substituents is 1. The first-order valence-electron chi connectivity index (χ1n) is 6.18. The van der Waals surface area contributed by atoms with E-state index >= 15 is 0 Å². The molecule has 1 aliphatic carbocycles. The van der Waals surface area contributed by atoms with E-state index in [0.717, 1.165) is 18.6 Å². The van der Waals surface area contributed by atoms with Crippen LogP contribution in [0.3, 0.4) is 0 Å². The Kier molecular flexibility index (Phi) is 3.94. The van der Waals surface area contributed by atoms with Gasteiger partial charge in [-0.15, -0.1) is 0 Å². The van der Waals surface area contributed by atoms with E-state index in [1.54, 1.807) is 0 Å². The average Bonchev–Trinajstić information content (AvgIpc) is 2.79. The molecule has 110 valence electrons. The summed E-state index contributed by atoms with van der Waals surface area (Å²) >= 11 is 0. The Balaban J connectivity index is 2.22. The smallest absolute Gasteiger partial charge is 0.306 e. The van der Waals surface area contributed by atoms with Crippen LogP contribution in [0.2, 0.25) is 0 Å². The lowest BCUT2D eigenvalue weighted by Gasteiger charge is -2.20. The van der Waals surface area contributed by atoms with Crippen LogP contribution in [0.1, 0.15) is 19.3 Å². The van der Waals surface area contributed by atoms with Gasteiger partial charge in [0.2, 0.25) is 5.82 Å². The van der Waals surface area contributed by atoms with Crippen molar-refractivity contribution in [3.63, 3.8) is 0 Å². The minimum absolute atomic E-state index is 0.296. The van der Waals surface area contributed by atoms with Crippen molar-refractivity contribution in [3.05, 3.63) is 34.1 Å². The van der Waals surface area contributed by atoms with Gasteiger partial charge in [-0.1, -0.05) is 0 Å². The number of benzene rings is 1. The van der Waals surface area contributed by atoms with Crippen LogP contribution >= 0.6 is 0 Å². The minimum Gasteiger partial charge on any atom is -0.381 e. The molecule has 1 fully saturated rings. The van der Waals surface area contributed by atoms with Crippen LogP contribution in [-0.4, -0.2) is 30.9 Å². The van der Waals surface area contributed by atoms with Gasteiger partial charge in [-0.25, -0.2) is 8.42 Å². The molecule has 1 N–H and O–H groups in total. The molecule has 0 aromatic heterocycles. The molecule has 0 amide bonds. The molecule has 8 heteroatoms. The number of halogens is 1. The van der Waals surface area contributed by atoms with E-state index in [0.29, 0.717) is 18.5 Å². The van der Waals surface area contributed by atoms with Crippen molar-refractivity contribution in [1.82, 2.24) is 0 Å². The predicted molar refractivity (Wildman–Crippen MR) is 72.9 cm³/mol. The molecule has 1 saturated carbocycles. The van der Waals surface area contributed by atoms with Gasteiger partial charge in [-0.05, 0) is 31.4 Å². The van der Waals surface area contributed by atoms with E-state index in [4.69, 9.17) is 0 Å². The van der Waals surface area contributed by atoms with Crippen LogP contribution < -0.4 is 5.32 Å². The second-order valence-electron chi connectivity index (χ2n) is 4.97. The lowest BCUT2D eigenvalue weighted by molar-refractivity contribution is -0.387. The maximum Gasteiger partial charge on any atom is 0.306 e. The van der Waals surface area contributed by atoms with Gasteiger partial charge in [-0.2, -0.15) is 4.39 Å². The second kappa shape index (κ2) is 5.35. The molecule has 0 aliphatic heterocycles. The first-order valence-corrected chi connectivity index (χ1v) is 8.14. The van der Waals surface area contributed by atoms with E-state index in [1.165, 1.54) is 12.3 Å². The summed E-state index contributed by atoms with van der Waals surface area (Å²) in [5, 5.41) is 13.1. The van der Waals surface area contributed by atoms with Crippen molar-refractivity contribution in [2.24, 2.45) is 0 Å². The van der Waals surface area contributed by atoms with Crippen molar-refractivity contribution >= 4 is 21.2 Å². The third-order valence-electron chi connectivity index (χ3n) is 3.50. The van der Waals surface area contributed by atoms with Gasteiger partial charge in [0.05, 0.1) is 10.2 Å². The number of hydrogen-bond acceptors (Lipinski definition) is 5. The zero-order chi connectivity index (χ0) is 14.9. The number of nitro groups is 1. The van der Waals surface area contributed by atoms with Crippen LogP contribution in [0, 0.1) is 15.9 Å². The summed E-state index contributed by atoms with van der Waals surface area (Å²) in [7, 11) is -3.18. The van der Waals surface area contributed by atoms with Crippen molar-refractivity contribution in [2.75, 3.05) is 11.6 Å². The summed E-state index contributed by atoms with van der Waals surface area (Å²) in [5.41, 5.74) is -0.262. The van der Waals surface area contributed by atoms with Gasteiger partial charge in [0.1, 0.15) is 0 Å². The second-order valence-corrected chi connectivity index (χ2v) is 7.24. The molecule has 20 heavy (non-hydrogen) atoms. The van der Waals surface area contributed by atoms with E-state index in [9.17, 15) is 22.9 Å². The van der Waals surface area contributed by atoms with Crippen LogP contribution in [0.5, 0.6) is 0 Å². The fourth-order valence-corrected chi connectivity index (χ4v) is 3.96. The van der Waals surface area contributed by atoms with Crippen LogP contribution in [0.15, 0.2) is 18.2 Å². The van der Waals surface area contributed by atoms with Gasteiger partial charge in [-0.3, -0.25) is 10.1 Å². The third kappa shape index (κ3) is 3.06. The quantitative estimate of drug-likeness (QED) is 0.679. The van der Waals surface area contributed by atoms with Gasteiger partial charge in [0, 0.05) is 24.1 Å². The van der Waals surface area contributed by atoms with E-state index in [-0.39, 0.29) is 6.04 Å². The third-order valence-corrected chi connectivity index (χ3v) is 5.16. The maximum atomic E-state index is 13.2. The highest BCUT2D eigenvalue weighted by molar-refractivity contribution is 7.91. The van der Waals surface area contributed by atoms with Gasteiger partial charge in [0.15, 0.2) is 9.84 Å². The van der Waals surface area contributed by atoms with Gasteiger partial charge in [0.25, 0.3) is 0 Å². The minimum atomic E-state index is -3.18. The summed E-state index contributed by atoms with van der Waals surface area (Å²) in [5.74, 6) is -0.911. The Morgan fingerprint density at radius 3 is 2.70 bits per heavy atom. The molecule has 0 radical (unpaired) electrons. The number of nitrogens with zero attached hydrogens (tertiary/aromatic N) is 1. The molecule has 1 aromatic rings. The molecule has 1 aromatic carbocycles. The number of nitrogens with one attached hydrogen (secondary N) is 1. The lowest BCUT2D eigenvalue weighted by atomic mass is 10.2. The molecule has 0 spiro atoms. The average molecular weight is 302 g/mol. The fourth-order valence-electron chi connectivity index (χ4n) is 2.56. The summed E-state index contributed by atoms with van der Waals surface area (Å²) < 4.78 is 36.5. The Hall–Kier alpha value is -1.70. The number of rotatable bonds is 4. The summed E-state index contributed by atoms with van der Waals surface area (Å²) in [4.78, 5) is 9.87. The standard InChI is InChI=1S/C12H15FN2O4S/c1-20(18,19)12-4-2-3-10(12)14-8-5-6-9(13)11(7-8)15(16)17/h5-7,10,12,14H,2-4H2,1H3. The van der Waals surface area contributed by atoms with Crippen molar-refractivity contribution in [1.29, 1.82) is 0 Å². The highest BCUT2D eigenvalue weighted by atomic mass is 32.2. The molecular weight excluding hydrogens is 287 g/mol. The van der Waals surface area contributed by atoms with E-state index in [2.05, 4.69) is 5.32 Å². The molecule has 0 heterocycles. The zero-order valence-electron chi connectivity index (χ0n) is 10.9. The van der Waals surface area contributed by atoms with E-state index < -0.39 is 31.5 Å². The molecule has 2 unspecified atom stereocenters. The summed E-state index contributed by atoms with van der Waals surface area (Å²) in [6, 6.07) is 3.17. The first-order chi connectivity index (χ1) is 9.29. The van der Waals surface area contributed by atoms with Crippen LogP contribution in [0.25, 0.3) is 0 Å². The maximum absolute atomic E-state index is 13.2. The Labute approximate surface area is 116 Å². The molecule has 2 rings (SSSR count). The van der Waals surface area contributed by atoms with Crippen LogP contribution in [-0.2, 0) is 9.84 Å². The SMILES string of the molecule is CS(=O)(=O)C1CCCC1Nc1ccc(F)c([N+](=O)[O-])c1. The monoisotopic (exact) mass is 302 g/mol. The fraction of sp³-hybridized carbons (Fsp3) is 0.500. The number of hydrogen-bond donors (Lipinski definition) is 1. The number of anilines is 1. The van der Waals surface area contributed by atoms with Gasteiger partial charge < -0.3 is 5.32 Å². The topological polar surface area (TPSA) is 89.3 Å². The largest absolute Gasteiger partial charge is 0.381 e. The molecule has 0 saturated heterocycles. The lowest BCUT2D eigenvalue weighted by Crippen LogP contribution is -2.34. The van der Waals surface area contributed by atoms with Gasteiger partial charge >= 0.3 is 5.69 Å². The van der Waals surface area contributed by atoms with Crippen LogP contribution in [0.4, 0.5) is 15.8 Å². The Morgan fingerprint density at radius 2 is 2.10 bits per heavy atom. The summed E-state index contributed by atoms with van der Waals surface area (Å²) in [6.45, 7) is 0. The first kappa shape index (κ1) is 14.7. The van der Waals surface area contributed by atoms with Crippen molar-refractivity contribution < 1.29 is 17.7 Å². The molecule has 1 aliphatic rings.